The van der Waals surface area contributed by atoms with Crippen molar-refractivity contribution in [2.45, 2.75) is 0 Å². The minimum Gasteiger partial charge on any atom is -0.478 e. The van der Waals surface area contributed by atoms with Gasteiger partial charge in [-0.1, -0.05) is 30.0 Å². The summed E-state index contributed by atoms with van der Waals surface area (Å²) in [5.41, 5.74) is 0.895. The summed E-state index contributed by atoms with van der Waals surface area (Å²) < 4.78 is 31.2. The number of para-hydroxylation sites is 1. The van der Waals surface area contributed by atoms with Crippen LogP contribution >= 0.6 is 0 Å². The standard InChI is InChI=1S/C19H14F2N4O2/c20-14-8-9-18(16(21)12-14)27-11-5-4-10-22-19(26)17-13-23-25(24-17)15-6-2-1-3-7-15/h1-3,6-9,12-13H,10-11H2,(H,22,26). The second-order valence-corrected chi connectivity index (χ2v) is 5.25. The lowest BCUT2D eigenvalue weighted by atomic mass is 10.3. The van der Waals surface area contributed by atoms with E-state index in [0.717, 1.165) is 17.8 Å². The second kappa shape index (κ2) is 8.58. The minimum absolute atomic E-state index is 0.0618. The summed E-state index contributed by atoms with van der Waals surface area (Å²) in [6, 6.07) is 12.2. The van der Waals surface area contributed by atoms with Gasteiger partial charge in [-0.05, 0) is 24.3 Å². The molecule has 1 amide bonds. The van der Waals surface area contributed by atoms with E-state index in [4.69, 9.17) is 4.74 Å². The number of rotatable bonds is 5. The third-order valence-corrected chi connectivity index (χ3v) is 3.37. The molecule has 0 atom stereocenters. The van der Waals surface area contributed by atoms with Gasteiger partial charge in [0.05, 0.1) is 18.4 Å². The van der Waals surface area contributed by atoms with E-state index in [1.54, 1.807) is 0 Å². The minimum atomic E-state index is -0.799. The van der Waals surface area contributed by atoms with E-state index in [0.29, 0.717) is 0 Å². The fourth-order valence-corrected chi connectivity index (χ4v) is 2.09. The predicted molar refractivity (Wildman–Crippen MR) is 93.3 cm³/mol. The van der Waals surface area contributed by atoms with E-state index in [-0.39, 0.29) is 24.6 Å². The van der Waals surface area contributed by atoms with Gasteiger partial charge < -0.3 is 10.1 Å². The first-order valence-corrected chi connectivity index (χ1v) is 7.93. The van der Waals surface area contributed by atoms with E-state index in [9.17, 15) is 13.6 Å². The van der Waals surface area contributed by atoms with Crippen LogP contribution < -0.4 is 10.1 Å². The average Bonchev–Trinajstić information content (AvgIpc) is 3.17. The van der Waals surface area contributed by atoms with Gasteiger partial charge in [-0.2, -0.15) is 9.90 Å². The lowest BCUT2D eigenvalue weighted by Gasteiger charge is -2.02. The lowest BCUT2D eigenvalue weighted by Crippen LogP contribution is -2.24. The van der Waals surface area contributed by atoms with Crippen LogP contribution in [0.25, 0.3) is 5.69 Å². The number of amides is 1. The van der Waals surface area contributed by atoms with Crippen LogP contribution in [0, 0.1) is 23.5 Å². The third kappa shape index (κ3) is 4.89. The first-order chi connectivity index (χ1) is 13.1. The molecule has 0 saturated carbocycles. The largest absolute Gasteiger partial charge is 0.478 e. The summed E-state index contributed by atoms with van der Waals surface area (Å²) in [5.74, 6) is 3.30. The maximum Gasteiger partial charge on any atom is 0.274 e. The molecule has 0 saturated heterocycles. The zero-order valence-corrected chi connectivity index (χ0v) is 14.0. The topological polar surface area (TPSA) is 69.0 Å². The van der Waals surface area contributed by atoms with Gasteiger partial charge in [0, 0.05) is 6.07 Å². The molecule has 2 aromatic carbocycles. The molecule has 0 spiro atoms. The first-order valence-electron chi connectivity index (χ1n) is 7.93. The van der Waals surface area contributed by atoms with Crippen LogP contribution in [-0.4, -0.2) is 34.1 Å². The molecule has 0 bridgehead atoms. The summed E-state index contributed by atoms with van der Waals surface area (Å²) in [5, 5.41) is 10.7. The van der Waals surface area contributed by atoms with E-state index in [2.05, 4.69) is 27.4 Å². The first kappa shape index (κ1) is 18.1. The summed E-state index contributed by atoms with van der Waals surface area (Å²) in [6.07, 6.45) is 1.36. The Kier molecular flexibility index (Phi) is 5.74. The molecule has 3 aromatic rings. The van der Waals surface area contributed by atoms with Crippen molar-refractivity contribution >= 4 is 5.91 Å². The Morgan fingerprint density at radius 3 is 2.74 bits per heavy atom. The SMILES string of the molecule is O=C(NCC#CCOc1ccc(F)cc1F)c1cnn(-c2ccccc2)n1. The number of carbonyl (C=O) groups excluding carboxylic acids is 1. The molecule has 27 heavy (non-hydrogen) atoms. The molecule has 6 nitrogen and oxygen atoms in total. The maximum absolute atomic E-state index is 13.4. The highest BCUT2D eigenvalue weighted by atomic mass is 19.1. The van der Waals surface area contributed by atoms with E-state index < -0.39 is 17.5 Å². The number of nitrogens with one attached hydrogen (secondary N) is 1. The highest BCUT2D eigenvalue weighted by Crippen LogP contribution is 2.17. The van der Waals surface area contributed by atoms with Gasteiger partial charge in [0.2, 0.25) is 0 Å². The smallest absolute Gasteiger partial charge is 0.274 e. The number of nitrogens with zero attached hydrogens (tertiary/aromatic N) is 3. The van der Waals surface area contributed by atoms with Crippen LogP contribution in [0.2, 0.25) is 0 Å². The number of benzene rings is 2. The van der Waals surface area contributed by atoms with Crippen molar-refractivity contribution in [3.63, 3.8) is 0 Å². The molecule has 8 heteroatoms. The summed E-state index contributed by atoms with van der Waals surface area (Å²) in [6.45, 7) is -0.0328. The Balaban J connectivity index is 1.46. The van der Waals surface area contributed by atoms with Crippen molar-refractivity contribution < 1.29 is 18.3 Å². The van der Waals surface area contributed by atoms with Crippen LogP contribution in [0.5, 0.6) is 5.75 Å². The van der Waals surface area contributed by atoms with Crippen molar-refractivity contribution in [1.82, 2.24) is 20.3 Å². The summed E-state index contributed by atoms with van der Waals surface area (Å²) in [7, 11) is 0. The van der Waals surface area contributed by atoms with Gasteiger partial charge in [-0.15, -0.1) is 5.10 Å². The molecule has 0 aliphatic carbocycles. The third-order valence-electron chi connectivity index (χ3n) is 3.37. The zero-order valence-electron chi connectivity index (χ0n) is 14.0. The van der Waals surface area contributed by atoms with Crippen LogP contribution in [0.3, 0.4) is 0 Å². The molecule has 0 radical (unpaired) electrons. The highest BCUT2D eigenvalue weighted by Gasteiger charge is 2.10. The molecular formula is C19H14F2N4O2. The number of carbonyl (C=O) groups is 1. The highest BCUT2D eigenvalue weighted by molar-refractivity contribution is 5.92. The number of aromatic nitrogens is 3. The fraction of sp³-hybridized carbons (Fsp3) is 0.105. The summed E-state index contributed by atoms with van der Waals surface area (Å²) >= 11 is 0. The second-order valence-electron chi connectivity index (χ2n) is 5.25. The van der Waals surface area contributed by atoms with Crippen molar-refractivity contribution in [2.24, 2.45) is 0 Å². The van der Waals surface area contributed by atoms with Gasteiger partial charge in [-0.25, -0.2) is 8.78 Å². The molecule has 0 aliphatic rings. The summed E-state index contributed by atoms with van der Waals surface area (Å²) in [4.78, 5) is 13.4. The molecule has 1 heterocycles. The van der Waals surface area contributed by atoms with Crippen molar-refractivity contribution in [3.05, 3.63) is 72.1 Å². The molecule has 136 valence electrons. The Morgan fingerprint density at radius 1 is 1.15 bits per heavy atom. The molecular weight excluding hydrogens is 354 g/mol. The zero-order chi connectivity index (χ0) is 19.1. The van der Waals surface area contributed by atoms with Crippen molar-refractivity contribution in [2.75, 3.05) is 13.2 Å². The molecule has 0 unspecified atom stereocenters. The number of hydrogen-bond acceptors (Lipinski definition) is 4. The van der Waals surface area contributed by atoms with Gasteiger partial charge >= 0.3 is 0 Å². The number of halogens is 2. The fourth-order valence-electron chi connectivity index (χ4n) is 2.09. The lowest BCUT2D eigenvalue weighted by molar-refractivity contribution is 0.0953. The maximum atomic E-state index is 13.4. The van der Waals surface area contributed by atoms with Crippen molar-refractivity contribution in [1.29, 1.82) is 0 Å². The van der Waals surface area contributed by atoms with Crippen LogP contribution in [-0.2, 0) is 0 Å². The van der Waals surface area contributed by atoms with Crippen LogP contribution in [0.1, 0.15) is 10.5 Å². The number of ether oxygens (including phenoxy) is 1. The molecule has 3 rings (SSSR count). The van der Waals surface area contributed by atoms with E-state index in [1.807, 2.05) is 30.3 Å². The normalized spacial score (nSPS) is 10.0. The quantitative estimate of drug-likeness (QED) is 0.702. The Morgan fingerprint density at radius 2 is 1.96 bits per heavy atom. The van der Waals surface area contributed by atoms with Gasteiger partial charge in [0.25, 0.3) is 5.91 Å². The van der Waals surface area contributed by atoms with E-state index in [1.165, 1.54) is 17.1 Å². The van der Waals surface area contributed by atoms with Crippen LogP contribution in [0.15, 0.2) is 54.7 Å². The molecule has 1 aromatic heterocycles. The molecule has 1 N–H and O–H groups in total. The monoisotopic (exact) mass is 368 g/mol. The Labute approximate surface area is 153 Å². The average molecular weight is 368 g/mol. The Bertz CT molecular complexity index is 994. The molecule has 0 fully saturated rings. The van der Waals surface area contributed by atoms with Gasteiger partial charge in [0.1, 0.15) is 12.4 Å². The van der Waals surface area contributed by atoms with Crippen molar-refractivity contribution in [3.8, 4) is 23.3 Å². The molecule has 0 aliphatic heterocycles. The predicted octanol–water partition coefficient (Wildman–Crippen LogP) is 2.36. The van der Waals surface area contributed by atoms with Crippen LogP contribution in [0.4, 0.5) is 8.78 Å². The van der Waals surface area contributed by atoms with Gasteiger partial charge in [-0.3, -0.25) is 4.79 Å². The number of hydrogen-bond donors (Lipinski definition) is 1. The van der Waals surface area contributed by atoms with E-state index >= 15 is 0 Å². The Hall–Kier alpha value is -3.73. The van der Waals surface area contributed by atoms with Gasteiger partial charge in [0.15, 0.2) is 17.3 Å².